The van der Waals surface area contributed by atoms with Crippen LogP contribution in [-0.4, -0.2) is 62.7 Å². The van der Waals surface area contributed by atoms with Crippen LogP contribution in [0.2, 0.25) is 0 Å². The number of aryl methyl sites for hydroxylation is 1. The molecule has 2 amide bonds. The number of anilines is 1. The van der Waals surface area contributed by atoms with Gasteiger partial charge in [-0.1, -0.05) is 6.07 Å². The molecule has 2 rings (SSSR count). The number of amides is 2. The molecule has 1 fully saturated rings. The van der Waals surface area contributed by atoms with Crippen molar-refractivity contribution in [2.45, 2.75) is 37.6 Å². The summed E-state index contributed by atoms with van der Waals surface area (Å²) in [5.41, 5.74) is 6.60. The van der Waals surface area contributed by atoms with Gasteiger partial charge in [-0.3, -0.25) is 14.5 Å². The fraction of sp³-hybridized carbons (Fsp3) is 0.556. The lowest BCUT2D eigenvalue weighted by Gasteiger charge is -2.34. The number of sulfonamides is 1. The minimum absolute atomic E-state index is 0.128. The van der Waals surface area contributed by atoms with E-state index in [1.165, 1.54) is 26.2 Å². The van der Waals surface area contributed by atoms with Gasteiger partial charge >= 0.3 is 0 Å². The maximum atomic E-state index is 12.7. The Labute approximate surface area is 160 Å². The number of carbonyl (C=O) groups is 2. The number of rotatable bonds is 6. The number of hydrogen-bond donors (Lipinski definition) is 2. The zero-order valence-corrected chi connectivity index (χ0v) is 17.0. The Kier molecular flexibility index (Phi) is 6.61. The normalized spacial score (nSPS) is 17.7. The van der Waals surface area contributed by atoms with Crippen LogP contribution in [0, 0.1) is 12.8 Å². The number of nitrogens with one attached hydrogen (secondary N) is 1. The second-order valence-electron chi connectivity index (χ2n) is 7.14. The Bertz CT molecular complexity index is 815. The highest BCUT2D eigenvalue weighted by Gasteiger charge is 2.29. The van der Waals surface area contributed by atoms with Crippen LogP contribution in [0.4, 0.5) is 5.69 Å². The van der Waals surface area contributed by atoms with Crippen LogP contribution in [0.15, 0.2) is 23.1 Å². The molecule has 0 spiro atoms. The summed E-state index contributed by atoms with van der Waals surface area (Å²) < 4.78 is 25.8. The highest BCUT2D eigenvalue weighted by atomic mass is 32.2. The van der Waals surface area contributed by atoms with Gasteiger partial charge in [-0.2, -0.15) is 0 Å². The third-order valence-corrected chi connectivity index (χ3v) is 6.92. The third kappa shape index (κ3) is 4.85. The summed E-state index contributed by atoms with van der Waals surface area (Å²) >= 11 is 0. The van der Waals surface area contributed by atoms with Gasteiger partial charge < -0.3 is 11.1 Å². The molecule has 1 aromatic carbocycles. The molecule has 0 saturated carbocycles. The van der Waals surface area contributed by atoms with E-state index in [4.69, 9.17) is 5.73 Å². The zero-order chi connectivity index (χ0) is 20.4. The smallest absolute Gasteiger partial charge is 0.242 e. The minimum atomic E-state index is -3.58. The highest BCUT2D eigenvalue weighted by molar-refractivity contribution is 7.89. The Balaban J connectivity index is 2.10. The lowest BCUT2D eigenvalue weighted by Crippen LogP contribution is -2.47. The summed E-state index contributed by atoms with van der Waals surface area (Å²) in [6.45, 7) is 4.85. The molecule has 9 heteroatoms. The summed E-state index contributed by atoms with van der Waals surface area (Å²) in [5.74, 6) is -0.636. The standard InChI is InChI=1S/C18H28N4O4S/c1-12-5-6-15(27(25,26)21(3)4)11-16(12)20-18(24)13(2)22-9-7-14(8-10-22)17(19)23/h5-6,11,13-14H,7-10H2,1-4H3,(H2,19,23)(H,20,24). The van der Waals surface area contributed by atoms with Crippen LogP contribution in [0.3, 0.4) is 0 Å². The third-order valence-electron chi connectivity index (χ3n) is 5.10. The summed E-state index contributed by atoms with van der Waals surface area (Å²) in [5, 5.41) is 2.84. The number of hydrogen-bond acceptors (Lipinski definition) is 5. The molecule has 1 aliphatic rings. The Morgan fingerprint density at radius 1 is 1.26 bits per heavy atom. The number of likely N-dealkylation sites (tertiary alicyclic amines) is 1. The predicted octanol–water partition coefficient (Wildman–Crippen LogP) is 0.770. The fourth-order valence-electron chi connectivity index (χ4n) is 3.08. The molecule has 1 atom stereocenters. The van der Waals surface area contributed by atoms with E-state index in [1.807, 2.05) is 11.8 Å². The molecule has 1 unspecified atom stereocenters. The second-order valence-corrected chi connectivity index (χ2v) is 9.29. The lowest BCUT2D eigenvalue weighted by atomic mass is 9.95. The van der Waals surface area contributed by atoms with Crippen molar-refractivity contribution < 1.29 is 18.0 Å². The van der Waals surface area contributed by atoms with Crippen LogP contribution in [-0.2, 0) is 19.6 Å². The van der Waals surface area contributed by atoms with Crippen molar-refractivity contribution in [3.05, 3.63) is 23.8 Å². The van der Waals surface area contributed by atoms with Crippen LogP contribution >= 0.6 is 0 Å². The first-order chi connectivity index (χ1) is 12.5. The van der Waals surface area contributed by atoms with E-state index in [2.05, 4.69) is 5.32 Å². The molecule has 1 aliphatic heterocycles. The predicted molar refractivity (Wildman–Crippen MR) is 104 cm³/mol. The maximum Gasteiger partial charge on any atom is 0.242 e. The molecule has 27 heavy (non-hydrogen) atoms. The number of carbonyl (C=O) groups excluding carboxylic acids is 2. The van der Waals surface area contributed by atoms with E-state index in [9.17, 15) is 18.0 Å². The summed E-state index contributed by atoms with van der Waals surface area (Å²) in [7, 11) is -0.652. The molecule has 0 aliphatic carbocycles. The van der Waals surface area contributed by atoms with Gasteiger partial charge in [-0.25, -0.2) is 12.7 Å². The first kappa shape index (κ1) is 21.3. The molecule has 1 aromatic rings. The SMILES string of the molecule is Cc1ccc(S(=O)(=O)N(C)C)cc1NC(=O)C(C)N1CCC(C(N)=O)CC1. The lowest BCUT2D eigenvalue weighted by molar-refractivity contribution is -0.124. The maximum absolute atomic E-state index is 12.7. The summed E-state index contributed by atoms with van der Waals surface area (Å²) in [6.07, 6.45) is 1.28. The average molecular weight is 397 g/mol. The number of nitrogens with two attached hydrogens (primary N) is 1. The Morgan fingerprint density at radius 2 is 1.85 bits per heavy atom. The number of piperidine rings is 1. The molecule has 0 bridgehead atoms. The van der Waals surface area contributed by atoms with Gasteiger partial charge in [0.05, 0.1) is 10.9 Å². The fourth-order valence-corrected chi connectivity index (χ4v) is 4.01. The van der Waals surface area contributed by atoms with Crippen molar-refractivity contribution >= 4 is 27.5 Å². The van der Waals surface area contributed by atoms with Gasteiger partial charge in [0.1, 0.15) is 0 Å². The molecule has 0 aromatic heterocycles. The van der Waals surface area contributed by atoms with Crippen molar-refractivity contribution in [3.8, 4) is 0 Å². The number of benzene rings is 1. The average Bonchev–Trinajstić information content (AvgIpc) is 2.62. The second kappa shape index (κ2) is 8.37. The Morgan fingerprint density at radius 3 is 2.37 bits per heavy atom. The molecule has 1 heterocycles. The highest BCUT2D eigenvalue weighted by Crippen LogP contribution is 2.23. The van der Waals surface area contributed by atoms with Gasteiger partial charge in [-0.05, 0) is 57.5 Å². The van der Waals surface area contributed by atoms with Crippen LogP contribution in [0.1, 0.15) is 25.3 Å². The van der Waals surface area contributed by atoms with Crippen molar-refractivity contribution in [2.24, 2.45) is 11.7 Å². The van der Waals surface area contributed by atoms with Crippen LogP contribution in [0.25, 0.3) is 0 Å². The molecular formula is C18H28N4O4S. The van der Waals surface area contributed by atoms with Gasteiger partial charge in [0.25, 0.3) is 0 Å². The number of primary amides is 1. The van der Waals surface area contributed by atoms with E-state index in [-0.39, 0.29) is 22.6 Å². The molecule has 8 nitrogen and oxygen atoms in total. The minimum Gasteiger partial charge on any atom is -0.369 e. The zero-order valence-electron chi connectivity index (χ0n) is 16.2. The van der Waals surface area contributed by atoms with E-state index in [0.29, 0.717) is 31.6 Å². The molecule has 3 N–H and O–H groups in total. The summed E-state index contributed by atoms with van der Waals surface area (Å²) in [6, 6.07) is 4.29. The topological polar surface area (TPSA) is 113 Å². The van der Waals surface area contributed by atoms with Crippen molar-refractivity contribution in [3.63, 3.8) is 0 Å². The van der Waals surface area contributed by atoms with Gasteiger partial charge in [0.15, 0.2) is 0 Å². The van der Waals surface area contributed by atoms with Crippen molar-refractivity contribution in [1.29, 1.82) is 0 Å². The quantitative estimate of drug-likeness (QED) is 0.737. The van der Waals surface area contributed by atoms with E-state index < -0.39 is 16.1 Å². The molecule has 1 saturated heterocycles. The summed E-state index contributed by atoms with van der Waals surface area (Å²) in [4.78, 5) is 26.1. The molecule has 150 valence electrons. The molecule has 0 radical (unpaired) electrons. The van der Waals surface area contributed by atoms with E-state index in [0.717, 1.165) is 9.87 Å². The van der Waals surface area contributed by atoms with E-state index in [1.54, 1.807) is 13.0 Å². The van der Waals surface area contributed by atoms with Gasteiger partial charge in [0, 0.05) is 25.7 Å². The number of nitrogens with zero attached hydrogens (tertiary/aromatic N) is 2. The van der Waals surface area contributed by atoms with Crippen LogP contribution in [0.5, 0.6) is 0 Å². The first-order valence-electron chi connectivity index (χ1n) is 8.91. The van der Waals surface area contributed by atoms with Crippen molar-refractivity contribution in [1.82, 2.24) is 9.21 Å². The monoisotopic (exact) mass is 396 g/mol. The van der Waals surface area contributed by atoms with Gasteiger partial charge in [-0.15, -0.1) is 0 Å². The largest absolute Gasteiger partial charge is 0.369 e. The Hall–Kier alpha value is -1.97. The van der Waals surface area contributed by atoms with E-state index >= 15 is 0 Å². The first-order valence-corrected chi connectivity index (χ1v) is 10.4. The van der Waals surface area contributed by atoms with Gasteiger partial charge in [0.2, 0.25) is 21.8 Å². The van der Waals surface area contributed by atoms with Crippen LogP contribution < -0.4 is 11.1 Å². The molecular weight excluding hydrogens is 368 g/mol. The van der Waals surface area contributed by atoms with Crippen molar-refractivity contribution in [2.75, 3.05) is 32.5 Å².